The van der Waals surface area contributed by atoms with E-state index >= 15 is 0 Å². The zero-order chi connectivity index (χ0) is 21.0. The Hall–Kier alpha value is -2.82. The van der Waals surface area contributed by atoms with E-state index in [2.05, 4.69) is 15.3 Å². The molecule has 0 radical (unpaired) electrons. The maximum absolute atomic E-state index is 13.9. The lowest BCUT2D eigenvalue weighted by molar-refractivity contribution is -0.136. The van der Waals surface area contributed by atoms with Crippen LogP contribution in [0.1, 0.15) is 5.56 Å². The van der Waals surface area contributed by atoms with Crippen LogP contribution < -0.4 is 5.56 Å². The van der Waals surface area contributed by atoms with E-state index in [1.807, 2.05) is 0 Å². The Morgan fingerprint density at radius 1 is 1.10 bits per heavy atom. The lowest BCUT2D eigenvalue weighted by atomic mass is 10.1. The highest BCUT2D eigenvalue weighted by Gasteiger charge is 2.36. The van der Waals surface area contributed by atoms with Gasteiger partial charge in [-0.2, -0.15) is 17.9 Å². The quantitative estimate of drug-likeness (QED) is 0.331. The smallest absolute Gasteiger partial charge is 0.266 e. The summed E-state index contributed by atoms with van der Waals surface area (Å²) in [6, 6.07) is 10.7. The molecule has 4 aromatic heterocycles. The number of nitrogens with zero attached hydrogens (tertiary/aromatic N) is 4. The molecule has 0 saturated carbocycles. The molecule has 0 N–H and O–H groups in total. The van der Waals surface area contributed by atoms with Gasteiger partial charge in [0.05, 0.1) is 27.2 Å². The van der Waals surface area contributed by atoms with Crippen molar-refractivity contribution in [2.24, 2.45) is 0 Å². The van der Waals surface area contributed by atoms with Gasteiger partial charge in [0.1, 0.15) is 15.0 Å². The van der Waals surface area contributed by atoms with E-state index in [1.54, 1.807) is 41.8 Å². The van der Waals surface area contributed by atoms with Gasteiger partial charge in [0.15, 0.2) is 0 Å². The third-order valence-corrected chi connectivity index (χ3v) is 6.61. The molecule has 0 spiro atoms. The minimum atomic E-state index is -4.64. The minimum Gasteiger partial charge on any atom is -0.266 e. The second-order valence-corrected chi connectivity index (χ2v) is 8.66. The van der Waals surface area contributed by atoms with Crippen molar-refractivity contribution in [2.75, 3.05) is 0 Å². The number of hydrogen-bond acceptors (Lipinski definition) is 6. The summed E-state index contributed by atoms with van der Waals surface area (Å²) in [5.41, 5.74) is -0.971. The van der Waals surface area contributed by atoms with Crippen LogP contribution in [-0.2, 0) is 6.18 Å². The first-order valence-electron chi connectivity index (χ1n) is 8.43. The van der Waals surface area contributed by atoms with Gasteiger partial charge in [-0.05, 0) is 41.8 Å². The molecule has 0 aliphatic carbocycles. The Balaban J connectivity index is 1.83. The molecule has 0 saturated heterocycles. The SMILES string of the molecule is O=c1c2sc3nc(-c4cccs4)cc(C(F)(F)F)c3c2nnn1-c1ccc(Cl)cc1. The molecule has 11 heteroatoms. The minimum absolute atomic E-state index is 0.0521. The van der Waals surface area contributed by atoms with Crippen molar-refractivity contribution in [1.82, 2.24) is 20.0 Å². The fourth-order valence-electron chi connectivity index (χ4n) is 3.07. The summed E-state index contributed by atoms with van der Waals surface area (Å²) >= 11 is 8.03. The Kier molecular flexibility index (Phi) is 4.38. The first-order chi connectivity index (χ1) is 14.3. The fraction of sp³-hybridized carbons (Fsp3) is 0.0526. The summed E-state index contributed by atoms with van der Waals surface area (Å²) in [7, 11) is 0. The average Bonchev–Trinajstić information content (AvgIpc) is 3.36. The molecular weight excluding hydrogens is 457 g/mol. The van der Waals surface area contributed by atoms with Crippen molar-refractivity contribution in [3.8, 4) is 16.3 Å². The highest BCUT2D eigenvalue weighted by atomic mass is 35.5. The van der Waals surface area contributed by atoms with Crippen molar-refractivity contribution in [1.29, 1.82) is 0 Å². The molecule has 0 aliphatic heterocycles. The van der Waals surface area contributed by atoms with Crippen molar-refractivity contribution in [3.05, 3.63) is 68.8 Å². The first kappa shape index (κ1) is 19.2. The van der Waals surface area contributed by atoms with Crippen molar-refractivity contribution in [2.45, 2.75) is 6.18 Å². The third kappa shape index (κ3) is 3.08. The lowest BCUT2D eigenvalue weighted by Crippen LogP contribution is -2.21. The highest BCUT2D eigenvalue weighted by molar-refractivity contribution is 7.25. The van der Waals surface area contributed by atoms with Gasteiger partial charge in [-0.25, -0.2) is 4.98 Å². The molecule has 0 unspecified atom stereocenters. The predicted molar refractivity (Wildman–Crippen MR) is 112 cm³/mol. The molecule has 5 nitrogen and oxygen atoms in total. The molecule has 0 aliphatic rings. The highest BCUT2D eigenvalue weighted by Crippen LogP contribution is 2.42. The topological polar surface area (TPSA) is 60.7 Å². The first-order valence-corrected chi connectivity index (χ1v) is 10.5. The normalized spacial score (nSPS) is 12.1. The van der Waals surface area contributed by atoms with Crippen LogP contribution in [0.25, 0.3) is 36.7 Å². The maximum atomic E-state index is 13.9. The van der Waals surface area contributed by atoms with Crippen LogP contribution in [-0.4, -0.2) is 20.0 Å². The van der Waals surface area contributed by atoms with Crippen LogP contribution in [0, 0.1) is 0 Å². The fourth-order valence-corrected chi connectivity index (χ4v) is 4.95. The zero-order valence-corrected chi connectivity index (χ0v) is 17.0. The maximum Gasteiger partial charge on any atom is 0.417 e. The van der Waals surface area contributed by atoms with Crippen LogP contribution in [0.3, 0.4) is 0 Å². The number of alkyl halides is 3. The van der Waals surface area contributed by atoms with Crippen molar-refractivity contribution >= 4 is 54.7 Å². The molecule has 150 valence electrons. The summed E-state index contributed by atoms with van der Waals surface area (Å²) in [5.74, 6) is 0. The zero-order valence-electron chi connectivity index (χ0n) is 14.6. The Morgan fingerprint density at radius 2 is 1.87 bits per heavy atom. The number of rotatable bonds is 2. The molecule has 0 fully saturated rings. The second-order valence-electron chi connectivity index (χ2n) is 6.27. The average molecular weight is 465 g/mol. The van der Waals surface area contributed by atoms with Crippen LogP contribution in [0.5, 0.6) is 0 Å². The van der Waals surface area contributed by atoms with E-state index in [9.17, 15) is 18.0 Å². The van der Waals surface area contributed by atoms with Crippen molar-refractivity contribution < 1.29 is 13.2 Å². The van der Waals surface area contributed by atoms with Gasteiger partial charge in [-0.3, -0.25) is 4.79 Å². The number of benzene rings is 1. The Labute approximate surface area is 179 Å². The number of fused-ring (bicyclic) bond motifs is 3. The number of aromatic nitrogens is 4. The molecule has 4 heterocycles. The molecule has 0 amide bonds. The molecule has 5 aromatic rings. The lowest BCUT2D eigenvalue weighted by Gasteiger charge is -2.10. The summed E-state index contributed by atoms with van der Waals surface area (Å²) in [4.78, 5) is 18.1. The monoisotopic (exact) mass is 464 g/mol. The Bertz CT molecular complexity index is 1460. The Morgan fingerprint density at radius 3 is 2.53 bits per heavy atom. The van der Waals surface area contributed by atoms with Gasteiger partial charge in [0.25, 0.3) is 5.56 Å². The van der Waals surface area contributed by atoms with E-state index in [-0.39, 0.29) is 26.1 Å². The molecule has 1 aromatic carbocycles. The van der Waals surface area contributed by atoms with E-state index in [4.69, 9.17) is 11.6 Å². The molecule has 5 rings (SSSR count). The second kappa shape index (κ2) is 6.86. The van der Waals surface area contributed by atoms with Gasteiger partial charge in [0.2, 0.25) is 0 Å². The molecule has 0 atom stereocenters. The number of thiophene rings is 2. The predicted octanol–water partition coefficient (Wildman–Crippen LogP) is 5.79. The summed E-state index contributed by atoms with van der Waals surface area (Å²) in [6.45, 7) is 0. The summed E-state index contributed by atoms with van der Waals surface area (Å²) in [5, 5.41) is 9.82. The van der Waals surface area contributed by atoms with Crippen LogP contribution >= 0.6 is 34.3 Å². The van der Waals surface area contributed by atoms with E-state index in [1.165, 1.54) is 11.3 Å². The molecular formula is C19H8ClF3N4OS2. The summed E-state index contributed by atoms with van der Waals surface area (Å²) < 4.78 is 42.7. The number of hydrogen-bond donors (Lipinski definition) is 0. The van der Waals surface area contributed by atoms with Crippen LogP contribution in [0.2, 0.25) is 5.02 Å². The van der Waals surface area contributed by atoms with Crippen LogP contribution in [0.4, 0.5) is 13.2 Å². The molecule has 30 heavy (non-hydrogen) atoms. The summed E-state index contributed by atoms with van der Waals surface area (Å²) in [6.07, 6.45) is -4.64. The van der Waals surface area contributed by atoms with Crippen LogP contribution in [0.15, 0.2) is 52.6 Å². The van der Waals surface area contributed by atoms with Gasteiger partial charge in [-0.1, -0.05) is 22.9 Å². The van der Waals surface area contributed by atoms with Gasteiger partial charge < -0.3 is 0 Å². The van der Waals surface area contributed by atoms with Gasteiger partial charge in [0, 0.05) is 5.02 Å². The largest absolute Gasteiger partial charge is 0.417 e. The van der Waals surface area contributed by atoms with E-state index in [0.717, 1.165) is 22.1 Å². The van der Waals surface area contributed by atoms with E-state index < -0.39 is 17.3 Å². The van der Waals surface area contributed by atoms with Gasteiger partial charge in [-0.15, -0.1) is 27.8 Å². The number of pyridine rings is 1. The third-order valence-electron chi connectivity index (χ3n) is 4.41. The van der Waals surface area contributed by atoms with Crippen molar-refractivity contribution in [3.63, 3.8) is 0 Å². The van der Waals surface area contributed by atoms with Gasteiger partial charge >= 0.3 is 6.18 Å². The standard InChI is InChI=1S/C19H8ClF3N4OS2/c20-9-3-5-10(6-4-9)27-18(28)16-15(25-26-27)14-11(19(21,22)23)8-12(24-17(14)30-16)13-2-1-7-29-13/h1-8H. The molecule has 0 bridgehead atoms. The van der Waals surface area contributed by atoms with E-state index in [0.29, 0.717) is 15.6 Å². The number of halogens is 4.